The molecule has 1 unspecified atom stereocenters. The number of hydrogen-bond acceptors (Lipinski definition) is 6. The van der Waals surface area contributed by atoms with Gasteiger partial charge in [0.25, 0.3) is 0 Å². The van der Waals surface area contributed by atoms with Crippen LogP contribution in [0.3, 0.4) is 0 Å². The number of sulfonamides is 1. The van der Waals surface area contributed by atoms with Crippen molar-refractivity contribution in [1.29, 1.82) is 0 Å². The molecule has 0 saturated carbocycles. The largest absolute Gasteiger partial charge is 0.465 e. The Hall–Kier alpha value is -1.03. The number of nitrogens with zero attached hydrogens (tertiary/aromatic N) is 2. The van der Waals surface area contributed by atoms with Crippen molar-refractivity contribution in [3.8, 4) is 0 Å². The van der Waals surface area contributed by atoms with Gasteiger partial charge in [-0.2, -0.15) is 4.31 Å². The molecule has 116 valence electrons. The summed E-state index contributed by atoms with van der Waals surface area (Å²) in [6.45, 7) is 2.82. The fourth-order valence-electron chi connectivity index (χ4n) is 2.08. The lowest BCUT2D eigenvalue weighted by Gasteiger charge is -2.33. The van der Waals surface area contributed by atoms with Gasteiger partial charge in [0.05, 0.1) is 6.61 Å². The lowest BCUT2D eigenvalue weighted by atomic mass is 10.2. The van der Waals surface area contributed by atoms with Gasteiger partial charge in [-0.1, -0.05) is 0 Å². The molecule has 0 bridgehead atoms. The van der Waals surface area contributed by atoms with Crippen molar-refractivity contribution in [3.63, 3.8) is 0 Å². The molecule has 0 aliphatic carbocycles. The zero-order valence-electron chi connectivity index (χ0n) is 11.5. The van der Waals surface area contributed by atoms with Crippen molar-refractivity contribution in [2.24, 2.45) is 0 Å². The Morgan fingerprint density at radius 1 is 1.57 bits per heavy atom. The summed E-state index contributed by atoms with van der Waals surface area (Å²) >= 11 is 3.20. The van der Waals surface area contributed by atoms with Crippen molar-refractivity contribution in [1.82, 2.24) is 14.6 Å². The summed E-state index contributed by atoms with van der Waals surface area (Å²) in [6.07, 6.45) is 2.77. The lowest BCUT2D eigenvalue weighted by Crippen LogP contribution is -2.57. The van der Waals surface area contributed by atoms with Crippen LogP contribution < -0.4 is 5.32 Å². The number of rotatable bonds is 4. The summed E-state index contributed by atoms with van der Waals surface area (Å²) in [6, 6.07) is 0.606. The van der Waals surface area contributed by atoms with Crippen LogP contribution in [0.25, 0.3) is 0 Å². The quantitative estimate of drug-likeness (QED) is 0.762. The Morgan fingerprint density at radius 3 is 3.00 bits per heavy atom. The molecule has 2 heterocycles. The van der Waals surface area contributed by atoms with Crippen LogP contribution in [-0.2, 0) is 19.6 Å². The second kappa shape index (κ2) is 6.82. The molecule has 1 aromatic rings. The molecule has 0 aromatic carbocycles. The molecule has 0 spiro atoms. The second-order valence-electron chi connectivity index (χ2n) is 4.43. The van der Waals surface area contributed by atoms with Gasteiger partial charge >= 0.3 is 5.97 Å². The average molecular weight is 378 g/mol. The maximum Gasteiger partial charge on any atom is 0.325 e. The van der Waals surface area contributed by atoms with E-state index in [1.54, 1.807) is 6.92 Å². The van der Waals surface area contributed by atoms with Gasteiger partial charge in [-0.3, -0.25) is 9.78 Å². The molecule has 1 N–H and O–H groups in total. The Kier molecular flexibility index (Phi) is 5.31. The molecule has 2 rings (SSSR count). The number of aromatic nitrogens is 1. The minimum atomic E-state index is -3.80. The normalized spacial score (nSPS) is 20.2. The molecule has 1 aromatic heterocycles. The third kappa shape index (κ3) is 3.60. The van der Waals surface area contributed by atoms with E-state index >= 15 is 0 Å². The second-order valence-corrected chi connectivity index (χ2v) is 7.23. The first kappa shape index (κ1) is 16.3. The van der Waals surface area contributed by atoms with E-state index in [1.807, 2.05) is 0 Å². The lowest BCUT2D eigenvalue weighted by molar-refractivity contribution is -0.148. The maximum absolute atomic E-state index is 12.7. The predicted molar refractivity (Wildman–Crippen MR) is 79.1 cm³/mol. The van der Waals surface area contributed by atoms with E-state index in [0.29, 0.717) is 11.0 Å². The molecule has 1 aliphatic rings. The van der Waals surface area contributed by atoms with Crippen LogP contribution in [0, 0.1) is 0 Å². The standard InChI is InChI=1S/C12H16BrN3O4S/c1-2-20-12(17)11-8-14-3-4-16(11)21(18,19)10-5-9(13)6-15-7-10/h5-7,11,14H,2-4,8H2,1H3. The van der Waals surface area contributed by atoms with Crippen LogP contribution in [0.2, 0.25) is 0 Å². The first-order valence-corrected chi connectivity index (χ1v) is 8.70. The van der Waals surface area contributed by atoms with Gasteiger partial charge in [0.15, 0.2) is 0 Å². The smallest absolute Gasteiger partial charge is 0.325 e. The fraction of sp³-hybridized carbons (Fsp3) is 0.500. The Balaban J connectivity index is 2.34. The number of nitrogens with one attached hydrogen (secondary N) is 1. The molecule has 0 radical (unpaired) electrons. The molecular weight excluding hydrogens is 362 g/mol. The van der Waals surface area contributed by atoms with E-state index in [4.69, 9.17) is 4.74 Å². The van der Waals surface area contributed by atoms with Crippen LogP contribution in [0.1, 0.15) is 6.92 Å². The minimum Gasteiger partial charge on any atom is -0.465 e. The number of pyridine rings is 1. The predicted octanol–water partition coefficient (Wildman–Crippen LogP) is 0.370. The maximum atomic E-state index is 12.7. The molecule has 21 heavy (non-hydrogen) atoms. The highest BCUT2D eigenvalue weighted by Gasteiger charge is 2.38. The van der Waals surface area contributed by atoms with Crippen molar-refractivity contribution < 1.29 is 17.9 Å². The van der Waals surface area contributed by atoms with Gasteiger partial charge in [-0.05, 0) is 28.9 Å². The molecule has 1 atom stereocenters. The van der Waals surface area contributed by atoms with Crippen LogP contribution in [0.4, 0.5) is 0 Å². The van der Waals surface area contributed by atoms with E-state index in [1.165, 1.54) is 22.8 Å². The highest BCUT2D eigenvalue weighted by atomic mass is 79.9. The highest BCUT2D eigenvalue weighted by Crippen LogP contribution is 2.22. The highest BCUT2D eigenvalue weighted by molar-refractivity contribution is 9.10. The molecule has 7 nitrogen and oxygen atoms in total. The molecular formula is C12H16BrN3O4S. The Bertz CT molecular complexity index is 623. The SMILES string of the molecule is CCOC(=O)C1CNCCN1S(=O)(=O)c1cncc(Br)c1. The first-order chi connectivity index (χ1) is 9.96. The molecule has 9 heteroatoms. The molecule has 0 amide bonds. The van der Waals surface area contributed by atoms with Gasteiger partial charge in [-0.25, -0.2) is 8.42 Å². The fourth-order valence-corrected chi connectivity index (χ4v) is 4.17. The van der Waals surface area contributed by atoms with Gasteiger partial charge in [0.1, 0.15) is 10.9 Å². The Morgan fingerprint density at radius 2 is 2.33 bits per heavy atom. The van der Waals surface area contributed by atoms with Gasteiger partial charge in [0, 0.05) is 36.5 Å². The zero-order chi connectivity index (χ0) is 15.5. The number of halogens is 1. The number of ether oxygens (including phenoxy) is 1. The zero-order valence-corrected chi connectivity index (χ0v) is 13.9. The van der Waals surface area contributed by atoms with Crippen molar-refractivity contribution in [2.45, 2.75) is 17.9 Å². The number of carbonyl (C=O) groups excluding carboxylic acids is 1. The summed E-state index contributed by atoms with van der Waals surface area (Å²) in [7, 11) is -3.80. The molecule has 1 fully saturated rings. The summed E-state index contributed by atoms with van der Waals surface area (Å²) in [5.41, 5.74) is 0. The van der Waals surface area contributed by atoms with Crippen LogP contribution in [-0.4, -0.2) is 56.0 Å². The van der Waals surface area contributed by atoms with Crippen molar-refractivity contribution in [2.75, 3.05) is 26.2 Å². The van der Waals surface area contributed by atoms with Gasteiger partial charge in [0.2, 0.25) is 10.0 Å². The average Bonchev–Trinajstić information content (AvgIpc) is 2.47. The summed E-state index contributed by atoms with van der Waals surface area (Å²) in [4.78, 5) is 15.9. The van der Waals surface area contributed by atoms with Crippen LogP contribution in [0.5, 0.6) is 0 Å². The van der Waals surface area contributed by atoms with E-state index in [0.717, 1.165) is 0 Å². The monoisotopic (exact) mass is 377 g/mol. The third-order valence-electron chi connectivity index (χ3n) is 3.04. The molecule has 1 aliphatic heterocycles. The Labute approximate surface area is 131 Å². The van der Waals surface area contributed by atoms with E-state index in [-0.39, 0.29) is 24.6 Å². The molecule has 1 saturated heterocycles. The van der Waals surface area contributed by atoms with Gasteiger partial charge < -0.3 is 10.1 Å². The third-order valence-corrected chi connectivity index (χ3v) is 5.35. The van der Waals surface area contributed by atoms with Gasteiger partial charge in [-0.15, -0.1) is 0 Å². The topological polar surface area (TPSA) is 88.6 Å². The van der Waals surface area contributed by atoms with E-state index in [2.05, 4.69) is 26.2 Å². The number of esters is 1. The number of piperazine rings is 1. The van der Waals surface area contributed by atoms with E-state index in [9.17, 15) is 13.2 Å². The van der Waals surface area contributed by atoms with Crippen molar-refractivity contribution >= 4 is 31.9 Å². The van der Waals surface area contributed by atoms with Crippen LogP contribution in [0.15, 0.2) is 27.8 Å². The summed E-state index contributed by atoms with van der Waals surface area (Å²) in [5.74, 6) is -0.545. The summed E-state index contributed by atoms with van der Waals surface area (Å²) < 4.78 is 32.1. The van der Waals surface area contributed by atoms with Crippen LogP contribution >= 0.6 is 15.9 Å². The minimum absolute atomic E-state index is 0.0491. The number of hydrogen-bond donors (Lipinski definition) is 1. The summed E-state index contributed by atoms with van der Waals surface area (Å²) in [5, 5.41) is 3.01. The van der Waals surface area contributed by atoms with Crippen molar-refractivity contribution in [3.05, 3.63) is 22.9 Å². The number of carbonyl (C=O) groups is 1. The van der Waals surface area contributed by atoms with E-state index < -0.39 is 22.0 Å². The first-order valence-electron chi connectivity index (χ1n) is 6.46.